The third-order valence-electron chi connectivity index (χ3n) is 2.88. The summed E-state index contributed by atoms with van der Waals surface area (Å²) >= 11 is 0. The van der Waals surface area contributed by atoms with Gasteiger partial charge in [-0.05, 0) is 24.6 Å². The van der Waals surface area contributed by atoms with Crippen molar-refractivity contribution in [3.63, 3.8) is 0 Å². The Morgan fingerprint density at radius 3 is 2.53 bits per heavy atom. The first kappa shape index (κ1) is 10.0. The second-order valence-corrected chi connectivity index (χ2v) is 3.67. The van der Waals surface area contributed by atoms with Crippen molar-refractivity contribution in [3.8, 4) is 11.5 Å². The summed E-state index contributed by atoms with van der Waals surface area (Å²) < 4.78 is 10.4. The van der Waals surface area contributed by atoms with Gasteiger partial charge in [-0.2, -0.15) is 0 Å². The van der Waals surface area contributed by atoms with Gasteiger partial charge >= 0.3 is 0 Å². The van der Waals surface area contributed by atoms with Crippen LogP contribution in [0.3, 0.4) is 0 Å². The van der Waals surface area contributed by atoms with Crippen LogP contribution < -0.4 is 9.47 Å². The van der Waals surface area contributed by atoms with Crippen molar-refractivity contribution < 1.29 is 14.3 Å². The fourth-order valence-electron chi connectivity index (χ4n) is 1.85. The molecule has 2 rings (SSSR count). The largest absolute Gasteiger partial charge is 0.497 e. The topological polar surface area (TPSA) is 35.5 Å². The average molecular weight is 206 g/mol. The van der Waals surface area contributed by atoms with E-state index in [1.165, 1.54) is 0 Å². The van der Waals surface area contributed by atoms with Crippen molar-refractivity contribution in [2.75, 3.05) is 14.2 Å². The van der Waals surface area contributed by atoms with Gasteiger partial charge in [0.05, 0.1) is 14.2 Å². The monoisotopic (exact) mass is 206 g/mol. The van der Waals surface area contributed by atoms with E-state index in [1.807, 2.05) is 18.2 Å². The first-order valence-corrected chi connectivity index (χ1v) is 5.01. The van der Waals surface area contributed by atoms with Gasteiger partial charge in [-0.15, -0.1) is 0 Å². The summed E-state index contributed by atoms with van der Waals surface area (Å²) in [4.78, 5) is 11.4. The maximum absolute atomic E-state index is 11.4. The summed E-state index contributed by atoms with van der Waals surface area (Å²) in [5, 5.41) is 0. The fourth-order valence-corrected chi connectivity index (χ4v) is 1.85. The summed E-state index contributed by atoms with van der Waals surface area (Å²) in [6, 6.07) is 5.58. The lowest BCUT2D eigenvalue weighted by Crippen LogP contribution is -2.23. The number of carbonyl (C=O) groups excluding carboxylic acids is 1. The summed E-state index contributed by atoms with van der Waals surface area (Å²) in [6.07, 6.45) is 1.60. The highest BCUT2D eigenvalue weighted by molar-refractivity contribution is 5.91. The van der Waals surface area contributed by atoms with Gasteiger partial charge in [0.2, 0.25) is 0 Å². The lowest BCUT2D eigenvalue weighted by molar-refractivity contribution is -0.125. The molecule has 15 heavy (non-hydrogen) atoms. The SMILES string of the molecule is COc1ccc(OC)c(C2CCC2=O)c1. The van der Waals surface area contributed by atoms with Crippen LogP contribution >= 0.6 is 0 Å². The number of methoxy groups -OCH3 is 2. The lowest BCUT2D eigenvalue weighted by atomic mass is 9.78. The molecular weight excluding hydrogens is 192 g/mol. The van der Waals surface area contributed by atoms with Crippen LogP contribution in [0.2, 0.25) is 0 Å². The highest BCUT2D eigenvalue weighted by atomic mass is 16.5. The minimum absolute atomic E-state index is 0.00931. The second kappa shape index (κ2) is 3.93. The minimum atomic E-state index is 0.00931. The van der Waals surface area contributed by atoms with E-state index in [1.54, 1.807) is 14.2 Å². The molecule has 1 aliphatic rings. The second-order valence-electron chi connectivity index (χ2n) is 3.67. The zero-order chi connectivity index (χ0) is 10.8. The summed E-state index contributed by atoms with van der Waals surface area (Å²) in [5.41, 5.74) is 0.952. The van der Waals surface area contributed by atoms with Crippen LogP contribution in [-0.4, -0.2) is 20.0 Å². The highest BCUT2D eigenvalue weighted by Gasteiger charge is 2.32. The molecule has 0 aliphatic heterocycles. The average Bonchev–Trinajstić information content (AvgIpc) is 2.27. The number of benzene rings is 1. The van der Waals surface area contributed by atoms with Crippen molar-refractivity contribution >= 4 is 5.78 Å². The molecule has 3 nitrogen and oxygen atoms in total. The highest BCUT2D eigenvalue weighted by Crippen LogP contribution is 2.39. The molecule has 0 bridgehead atoms. The minimum Gasteiger partial charge on any atom is -0.497 e. The Hall–Kier alpha value is -1.51. The van der Waals surface area contributed by atoms with Gasteiger partial charge in [0.1, 0.15) is 17.3 Å². The van der Waals surface area contributed by atoms with Crippen LogP contribution in [0.5, 0.6) is 11.5 Å². The molecule has 0 amide bonds. The standard InChI is InChI=1S/C12H14O3/c1-14-8-3-6-12(15-2)10(7-8)9-4-5-11(9)13/h3,6-7,9H,4-5H2,1-2H3. The van der Waals surface area contributed by atoms with E-state index in [0.717, 1.165) is 23.5 Å². The van der Waals surface area contributed by atoms with Gasteiger partial charge < -0.3 is 9.47 Å². The molecule has 0 radical (unpaired) electrons. The molecule has 1 atom stereocenters. The maximum Gasteiger partial charge on any atom is 0.140 e. The lowest BCUT2D eigenvalue weighted by Gasteiger charge is -2.26. The van der Waals surface area contributed by atoms with Gasteiger partial charge in [0.15, 0.2) is 0 Å². The Balaban J connectivity index is 2.37. The molecule has 1 unspecified atom stereocenters. The third kappa shape index (κ3) is 1.69. The third-order valence-corrected chi connectivity index (χ3v) is 2.88. The van der Waals surface area contributed by atoms with Crippen molar-refractivity contribution in [1.82, 2.24) is 0 Å². The molecule has 1 saturated carbocycles. The van der Waals surface area contributed by atoms with E-state index in [0.29, 0.717) is 12.2 Å². The van der Waals surface area contributed by atoms with E-state index in [4.69, 9.17) is 9.47 Å². The molecule has 1 aliphatic carbocycles. The van der Waals surface area contributed by atoms with Crippen molar-refractivity contribution in [1.29, 1.82) is 0 Å². The van der Waals surface area contributed by atoms with E-state index in [9.17, 15) is 4.79 Å². The van der Waals surface area contributed by atoms with E-state index in [2.05, 4.69) is 0 Å². The van der Waals surface area contributed by atoms with Crippen LogP contribution in [0.1, 0.15) is 24.3 Å². The Bertz CT molecular complexity index is 384. The molecule has 1 aromatic rings. The van der Waals surface area contributed by atoms with Gasteiger partial charge in [-0.3, -0.25) is 4.79 Å². The van der Waals surface area contributed by atoms with Crippen molar-refractivity contribution in [2.45, 2.75) is 18.8 Å². The van der Waals surface area contributed by atoms with Crippen LogP contribution in [-0.2, 0) is 4.79 Å². The van der Waals surface area contributed by atoms with Gasteiger partial charge in [-0.1, -0.05) is 0 Å². The number of ketones is 1. The predicted octanol–water partition coefficient (Wildman–Crippen LogP) is 2.15. The molecule has 1 fully saturated rings. The fraction of sp³-hybridized carbons (Fsp3) is 0.417. The number of carbonyl (C=O) groups is 1. The van der Waals surface area contributed by atoms with Gasteiger partial charge in [0, 0.05) is 17.9 Å². The Kier molecular flexibility index (Phi) is 2.62. The van der Waals surface area contributed by atoms with E-state index in [-0.39, 0.29) is 5.92 Å². The number of hydrogen-bond donors (Lipinski definition) is 0. The van der Waals surface area contributed by atoms with E-state index < -0.39 is 0 Å². The molecular formula is C12H14O3. The Morgan fingerprint density at radius 1 is 1.27 bits per heavy atom. The van der Waals surface area contributed by atoms with Crippen molar-refractivity contribution in [2.24, 2.45) is 0 Å². The molecule has 1 aromatic carbocycles. The normalized spacial score (nSPS) is 19.6. The Labute approximate surface area is 89.0 Å². The number of Topliss-reactive ketones (excluding diaryl/α,β-unsaturated/α-hetero) is 1. The number of hydrogen-bond acceptors (Lipinski definition) is 3. The molecule has 3 heteroatoms. The first-order chi connectivity index (χ1) is 7.26. The Morgan fingerprint density at radius 2 is 2.07 bits per heavy atom. The summed E-state index contributed by atoms with van der Waals surface area (Å²) in [6.45, 7) is 0. The van der Waals surface area contributed by atoms with Crippen molar-refractivity contribution in [3.05, 3.63) is 23.8 Å². The maximum atomic E-state index is 11.4. The summed E-state index contributed by atoms with van der Waals surface area (Å²) in [5.74, 6) is 1.84. The quantitative estimate of drug-likeness (QED) is 0.760. The van der Waals surface area contributed by atoms with Gasteiger partial charge in [-0.25, -0.2) is 0 Å². The summed E-state index contributed by atoms with van der Waals surface area (Å²) in [7, 11) is 3.24. The number of rotatable bonds is 3. The van der Waals surface area contributed by atoms with Crippen LogP contribution in [0.25, 0.3) is 0 Å². The zero-order valence-electron chi connectivity index (χ0n) is 8.95. The molecule has 0 aromatic heterocycles. The van der Waals surface area contributed by atoms with Crippen LogP contribution in [0, 0.1) is 0 Å². The first-order valence-electron chi connectivity index (χ1n) is 5.01. The molecule has 0 saturated heterocycles. The molecule has 80 valence electrons. The molecule has 0 heterocycles. The van der Waals surface area contributed by atoms with Crippen LogP contribution in [0.4, 0.5) is 0 Å². The zero-order valence-corrected chi connectivity index (χ0v) is 8.95. The molecule has 0 N–H and O–H groups in total. The van der Waals surface area contributed by atoms with E-state index >= 15 is 0 Å². The molecule has 0 spiro atoms. The van der Waals surface area contributed by atoms with Gasteiger partial charge in [0.25, 0.3) is 0 Å². The van der Waals surface area contributed by atoms with Crippen LogP contribution in [0.15, 0.2) is 18.2 Å². The smallest absolute Gasteiger partial charge is 0.140 e. The predicted molar refractivity (Wildman–Crippen MR) is 56.5 cm³/mol. The number of ether oxygens (including phenoxy) is 2.